The van der Waals surface area contributed by atoms with Crippen molar-refractivity contribution in [1.82, 2.24) is 14.8 Å². The molecule has 0 unspecified atom stereocenters. The van der Waals surface area contributed by atoms with Gasteiger partial charge in [0.1, 0.15) is 5.82 Å². The maximum Gasteiger partial charge on any atom is 0.236 e. The van der Waals surface area contributed by atoms with Crippen LogP contribution in [0, 0.1) is 0 Å². The van der Waals surface area contributed by atoms with E-state index in [0.29, 0.717) is 18.7 Å². The second-order valence-corrected chi connectivity index (χ2v) is 7.29. The lowest BCUT2D eigenvalue weighted by atomic mass is 9.90. The van der Waals surface area contributed by atoms with Gasteiger partial charge in [0.2, 0.25) is 5.91 Å². The number of amides is 1. The Bertz CT molecular complexity index is 572. The fourth-order valence-electron chi connectivity index (χ4n) is 4.37. The van der Waals surface area contributed by atoms with Crippen molar-refractivity contribution >= 4 is 11.7 Å². The summed E-state index contributed by atoms with van der Waals surface area (Å²) >= 11 is 0. The molecule has 1 aromatic rings. The molecule has 0 spiro atoms. The van der Waals surface area contributed by atoms with Crippen LogP contribution in [-0.2, 0) is 9.53 Å². The summed E-state index contributed by atoms with van der Waals surface area (Å²) in [5.74, 6) is 1.28. The van der Waals surface area contributed by atoms with Crippen molar-refractivity contribution < 1.29 is 9.53 Å². The monoisotopic (exact) mass is 344 g/mol. The second kappa shape index (κ2) is 7.70. The molecule has 0 bridgehead atoms. The molecule has 1 saturated carbocycles. The number of pyridine rings is 1. The van der Waals surface area contributed by atoms with E-state index in [1.807, 2.05) is 29.3 Å². The number of anilines is 1. The summed E-state index contributed by atoms with van der Waals surface area (Å²) < 4.78 is 5.92. The highest BCUT2D eigenvalue weighted by Gasteiger charge is 2.35. The van der Waals surface area contributed by atoms with Crippen molar-refractivity contribution in [3.05, 3.63) is 24.4 Å². The lowest BCUT2D eigenvalue weighted by Gasteiger charge is -2.44. The maximum absolute atomic E-state index is 12.8. The van der Waals surface area contributed by atoms with Gasteiger partial charge in [0.15, 0.2) is 0 Å². The number of hydrogen-bond acceptors (Lipinski definition) is 5. The Labute approximate surface area is 149 Å². The highest BCUT2D eigenvalue weighted by atomic mass is 16.5. The molecule has 25 heavy (non-hydrogen) atoms. The summed E-state index contributed by atoms with van der Waals surface area (Å²) in [6.07, 6.45) is 7.02. The molecule has 1 aliphatic carbocycles. The zero-order valence-electron chi connectivity index (χ0n) is 14.8. The van der Waals surface area contributed by atoms with Gasteiger partial charge in [0.25, 0.3) is 0 Å². The van der Waals surface area contributed by atoms with Crippen LogP contribution in [0.2, 0.25) is 0 Å². The van der Waals surface area contributed by atoms with Crippen molar-refractivity contribution in [2.24, 2.45) is 0 Å². The lowest BCUT2D eigenvalue weighted by Crippen LogP contribution is -2.57. The largest absolute Gasteiger partial charge is 0.375 e. The van der Waals surface area contributed by atoms with Crippen LogP contribution in [0.25, 0.3) is 0 Å². The standard InChI is InChI=1S/C19H28N4O2/c24-19(15-23-13-14-25-17-6-2-1-5-16(17)23)22-11-9-21(10-12-22)18-7-3-4-8-20-18/h3-4,7-8,16-17H,1-2,5-6,9-15H2/t16-,17-/m1/s1. The maximum atomic E-state index is 12.8. The molecular formula is C19H28N4O2. The molecule has 0 aromatic carbocycles. The molecule has 4 rings (SSSR count). The molecule has 3 heterocycles. The average Bonchev–Trinajstić information content (AvgIpc) is 2.69. The number of carbonyl (C=O) groups excluding carboxylic acids is 1. The molecule has 3 aliphatic rings. The van der Waals surface area contributed by atoms with Crippen LogP contribution in [0.5, 0.6) is 0 Å². The van der Waals surface area contributed by atoms with E-state index in [4.69, 9.17) is 4.74 Å². The van der Waals surface area contributed by atoms with Crippen LogP contribution in [0.3, 0.4) is 0 Å². The Hall–Kier alpha value is -1.66. The summed E-state index contributed by atoms with van der Waals surface area (Å²) in [5, 5.41) is 0. The third kappa shape index (κ3) is 3.80. The lowest BCUT2D eigenvalue weighted by molar-refractivity contribution is -0.139. The van der Waals surface area contributed by atoms with E-state index in [1.54, 1.807) is 0 Å². The fraction of sp³-hybridized carbons (Fsp3) is 0.684. The van der Waals surface area contributed by atoms with E-state index in [0.717, 1.165) is 51.6 Å². The van der Waals surface area contributed by atoms with Gasteiger partial charge in [-0.2, -0.15) is 0 Å². The van der Waals surface area contributed by atoms with Crippen molar-refractivity contribution in [3.8, 4) is 0 Å². The van der Waals surface area contributed by atoms with E-state index >= 15 is 0 Å². The van der Waals surface area contributed by atoms with Gasteiger partial charge in [-0.05, 0) is 25.0 Å². The SMILES string of the molecule is O=C(CN1CCO[C@@H]2CCCC[C@H]21)N1CCN(c2ccccn2)CC1. The van der Waals surface area contributed by atoms with Gasteiger partial charge in [-0.1, -0.05) is 18.9 Å². The zero-order valence-corrected chi connectivity index (χ0v) is 14.8. The van der Waals surface area contributed by atoms with Gasteiger partial charge in [0, 0.05) is 45.0 Å². The first-order valence-corrected chi connectivity index (χ1v) is 9.61. The van der Waals surface area contributed by atoms with Crippen LogP contribution in [0.15, 0.2) is 24.4 Å². The third-order valence-corrected chi connectivity index (χ3v) is 5.79. The average molecular weight is 344 g/mol. The normalized spacial score (nSPS) is 27.8. The Morgan fingerprint density at radius 2 is 1.96 bits per heavy atom. The number of morpholine rings is 1. The van der Waals surface area contributed by atoms with Crippen molar-refractivity contribution in [2.75, 3.05) is 50.8 Å². The minimum atomic E-state index is 0.270. The molecule has 3 fully saturated rings. The quantitative estimate of drug-likeness (QED) is 0.829. The topological polar surface area (TPSA) is 48.9 Å². The fourth-order valence-corrected chi connectivity index (χ4v) is 4.37. The number of aromatic nitrogens is 1. The van der Waals surface area contributed by atoms with Crippen LogP contribution < -0.4 is 4.90 Å². The smallest absolute Gasteiger partial charge is 0.236 e. The van der Waals surface area contributed by atoms with Crippen LogP contribution in [0.1, 0.15) is 25.7 Å². The second-order valence-electron chi connectivity index (χ2n) is 7.29. The first-order chi connectivity index (χ1) is 12.3. The predicted molar refractivity (Wildman–Crippen MR) is 96.6 cm³/mol. The van der Waals surface area contributed by atoms with Crippen LogP contribution in [-0.4, -0.2) is 78.7 Å². The van der Waals surface area contributed by atoms with E-state index in [2.05, 4.69) is 14.8 Å². The molecule has 0 radical (unpaired) electrons. The molecule has 2 aliphatic heterocycles. The summed E-state index contributed by atoms with van der Waals surface area (Å²) in [5.41, 5.74) is 0. The van der Waals surface area contributed by atoms with E-state index < -0.39 is 0 Å². The van der Waals surface area contributed by atoms with E-state index in [1.165, 1.54) is 19.3 Å². The highest BCUT2D eigenvalue weighted by Crippen LogP contribution is 2.28. The Balaban J connectivity index is 1.30. The molecule has 1 amide bonds. The molecule has 2 atom stereocenters. The van der Waals surface area contributed by atoms with E-state index in [9.17, 15) is 4.79 Å². The highest BCUT2D eigenvalue weighted by molar-refractivity contribution is 5.78. The molecule has 6 heteroatoms. The van der Waals surface area contributed by atoms with Crippen molar-refractivity contribution in [3.63, 3.8) is 0 Å². The first-order valence-electron chi connectivity index (χ1n) is 9.61. The molecule has 2 saturated heterocycles. The number of piperazine rings is 1. The van der Waals surface area contributed by atoms with Crippen molar-refractivity contribution in [2.45, 2.75) is 37.8 Å². The molecular weight excluding hydrogens is 316 g/mol. The van der Waals surface area contributed by atoms with Gasteiger partial charge >= 0.3 is 0 Å². The number of fused-ring (bicyclic) bond motifs is 1. The number of carbonyl (C=O) groups is 1. The number of ether oxygens (including phenoxy) is 1. The summed E-state index contributed by atoms with van der Waals surface area (Å²) in [6, 6.07) is 6.43. The zero-order chi connectivity index (χ0) is 17.1. The van der Waals surface area contributed by atoms with Crippen LogP contribution in [0.4, 0.5) is 5.82 Å². The van der Waals surface area contributed by atoms with Gasteiger partial charge in [-0.25, -0.2) is 4.98 Å². The van der Waals surface area contributed by atoms with Crippen LogP contribution >= 0.6 is 0 Å². The summed E-state index contributed by atoms with van der Waals surface area (Å²) in [6.45, 7) is 5.49. The summed E-state index contributed by atoms with van der Waals surface area (Å²) in [7, 11) is 0. The molecule has 1 aromatic heterocycles. The third-order valence-electron chi connectivity index (χ3n) is 5.79. The minimum Gasteiger partial charge on any atom is -0.375 e. The molecule has 136 valence electrons. The first kappa shape index (κ1) is 16.8. The van der Waals surface area contributed by atoms with Crippen molar-refractivity contribution in [1.29, 1.82) is 0 Å². The van der Waals surface area contributed by atoms with Gasteiger partial charge in [-0.15, -0.1) is 0 Å². The van der Waals surface area contributed by atoms with Gasteiger partial charge in [-0.3, -0.25) is 9.69 Å². The van der Waals surface area contributed by atoms with E-state index in [-0.39, 0.29) is 5.91 Å². The Morgan fingerprint density at radius 3 is 2.76 bits per heavy atom. The van der Waals surface area contributed by atoms with Gasteiger partial charge in [0.05, 0.1) is 19.3 Å². The van der Waals surface area contributed by atoms with Gasteiger partial charge < -0.3 is 14.5 Å². The Kier molecular flexibility index (Phi) is 5.17. The molecule has 0 N–H and O–H groups in total. The Morgan fingerprint density at radius 1 is 1.12 bits per heavy atom. The predicted octanol–water partition coefficient (Wildman–Crippen LogP) is 1.37. The summed E-state index contributed by atoms with van der Waals surface area (Å²) in [4.78, 5) is 23.9. The molecule has 6 nitrogen and oxygen atoms in total. The number of hydrogen-bond donors (Lipinski definition) is 0. The number of nitrogens with zero attached hydrogens (tertiary/aromatic N) is 4. The minimum absolute atomic E-state index is 0.270. The number of rotatable bonds is 3.